The summed E-state index contributed by atoms with van der Waals surface area (Å²) in [5.41, 5.74) is 12.4. The van der Waals surface area contributed by atoms with Crippen LogP contribution in [0.25, 0.3) is 22.3 Å². The van der Waals surface area contributed by atoms with Crippen LogP contribution in [-0.2, 0) is 6.54 Å². The highest BCUT2D eigenvalue weighted by Gasteiger charge is 2.21. The van der Waals surface area contributed by atoms with Crippen molar-refractivity contribution >= 4 is 28.7 Å². The molecule has 4 aromatic rings. The molecule has 0 bridgehead atoms. The van der Waals surface area contributed by atoms with Crippen molar-refractivity contribution in [3.8, 4) is 11.3 Å². The number of fused-ring (bicyclic) bond motifs is 1. The molecule has 0 amide bonds. The summed E-state index contributed by atoms with van der Waals surface area (Å²) in [4.78, 5) is 13.0. The molecular weight excluding hydrogens is 402 g/mol. The summed E-state index contributed by atoms with van der Waals surface area (Å²) in [6.45, 7) is 2.65. The third-order valence-corrected chi connectivity index (χ3v) is 6.35. The zero-order chi connectivity index (χ0) is 21.0. The van der Waals surface area contributed by atoms with Crippen molar-refractivity contribution in [3.05, 3.63) is 84.6 Å². The van der Waals surface area contributed by atoms with Crippen LogP contribution in [0.3, 0.4) is 0 Å². The largest absolute Gasteiger partial charge is 0.368 e. The Bertz CT molecular complexity index is 1180. The van der Waals surface area contributed by atoms with Crippen LogP contribution in [0.1, 0.15) is 12.0 Å². The topological polar surface area (TPSA) is 67.1 Å². The fourth-order valence-corrected chi connectivity index (χ4v) is 4.69. The van der Waals surface area contributed by atoms with Crippen molar-refractivity contribution in [3.63, 3.8) is 0 Å². The van der Waals surface area contributed by atoms with Crippen molar-refractivity contribution < 1.29 is 0 Å². The van der Waals surface area contributed by atoms with E-state index in [1.807, 2.05) is 12.3 Å². The minimum absolute atomic E-state index is 0.225. The average molecular weight is 428 g/mol. The SMILES string of the molecule is NC1CCN(c2ccnc3ccc(-c4cccc(SNCc5ccccc5)c4)nc23)C1. The van der Waals surface area contributed by atoms with Gasteiger partial charge in [0.25, 0.3) is 0 Å². The fraction of sp³-hybridized carbons (Fsp3) is 0.200. The first-order valence-corrected chi connectivity index (χ1v) is 11.4. The van der Waals surface area contributed by atoms with E-state index in [9.17, 15) is 0 Å². The summed E-state index contributed by atoms with van der Waals surface area (Å²) in [7, 11) is 0. The Morgan fingerprint density at radius 1 is 1.03 bits per heavy atom. The van der Waals surface area contributed by atoms with Gasteiger partial charge in [-0.1, -0.05) is 42.5 Å². The molecule has 1 unspecified atom stereocenters. The molecule has 0 spiro atoms. The first-order valence-electron chi connectivity index (χ1n) is 10.6. The van der Waals surface area contributed by atoms with E-state index < -0.39 is 0 Å². The minimum atomic E-state index is 0.225. The van der Waals surface area contributed by atoms with E-state index in [-0.39, 0.29) is 6.04 Å². The van der Waals surface area contributed by atoms with E-state index in [0.717, 1.165) is 58.9 Å². The fourth-order valence-electron chi connectivity index (χ4n) is 3.95. The van der Waals surface area contributed by atoms with E-state index in [1.54, 1.807) is 11.9 Å². The molecule has 0 radical (unpaired) electrons. The zero-order valence-corrected chi connectivity index (χ0v) is 18.1. The Hall–Kier alpha value is -2.93. The van der Waals surface area contributed by atoms with Gasteiger partial charge >= 0.3 is 0 Å². The number of rotatable bonds is 6. The summed E-state index contributed by atoms with van der Waals surface area (Å²) in [6.07, 6.45) is 2.87. The molecule has 1 saturated heterocycles. The van der Waals surface area contributed by atoms with Gasteiger partial charge in [0.1, 0.15) is 5.52 Å². The Morgan fingerprint density at radius 2 is 1.94 bits per heavy atom. The number of pyridine rings is 2. The standard InChI is InChI=1S/C25H25N5S/c26-20-12-14-30(17-20)24-11-13-27-23-10-9-22(29-25(23)24)19-7-4-8-21(15-19)31-28-16-18-5-2-1-3-6-18/h1-11,13,15,20,28H,12,14,16-17,26H2. The number of aromatic nitrogens is 2. The minimum Gasteiger partial charge on any atom is -0.368 e. The van der Waals surface area contributed by atoms with Gasteiger partial charge in [0.15, 0.2) is 0 Å². The number of hydrogen-bond donors (Lipinski definition) is 2. The van der Waals surface area contributed by atoms with E-state index in [2.05, 4.69) is 81.3 Å². The Balaban J connectivity index is 1.38. The third kappa shape index (κ3) is 4.56. The molecule has 3 N–H and O–H groups in total. The van der Waals surface area contributed by atoms with Gasteiger partial charge in [-0.3, -0.25) is 9.71 Å². The van der Waals surface area contributed by atoms with Crippen LogP contribution >= 0.6 is 11.9 Å². The van der Waals surface area contributed by atoms with Crippen LogP contribution in [0, 0.1) is 0 Å². The van der Waals surface area contributed by atoms with Crippen molar-refractivity contribution in [1.82, 2.24) is 14.7 Å². The monoisotopic (exact) mass is 427 g/mol. The van der Waals surface area contributed by atoms with Gasteiger partial charge in [-0.15, -0.1) is 0 Å². The van der Waals surface area contributed by atoms with Crippen molar-refractivity contribution in [2.75, 3.05) is 18.0 Å². The van der Waals surface area contributed by atoms with Gasteiger partial charge in [-0.2, -0.15) is 0 Å². The maximum atomic E-state index is 6.14. The molecule has 0 aliphatic carbocycles. The lowest BCUT2D eigenvalue weighted by Crippen LogP contribution is -2.26. The van der Waals surface area contributed by atoms with E-state index in [0.29, 0.717) is 0 Å². The predicted molar refractivity (Wildman–Crippen MR) is 129 cm³/mol. The Labute approximate surface area is 186 Å². The summed E-state index contributed by atoms with van der Waals surface area (Å²) < 4.78 is 3.44. The van der Waals surface area contributed by atoms with Crippen LogP contribution in [0.2, 0.25) is 0 Å². The predicted octanol–water partition coefficient (Wildman–Crippen LogP) is 4.63. The summed E-state index contributed by atoms with van der Waals surface area (Å²) >= 11 is 1.64. The molecule has 156 valence electrons. The summed E-state index contributed by atoms with van der Waals surface area (Å²) in [5.74, 6) is 0. The molecule has 31 heavy (non-hydrogen) atoms. The van der Waals surface area contributed by atoms with E-state index in [1.165, 1.54) is 5.56 Å². The summed E-state index contributed by atoms with van der Waals surface area (Å²) in [6, 6.07) is 25.3. The molecule has 6 heteroatoms. The first kappa shape index (κ1) is 20.0. The maximum Gasteiger partial charge on any atom is 0.113 e. The molecular formula is C25H25N5S. The molecule has 1 aliphatic heterocycles. The first-order chi connectivity index (χ1) is 15.3. The van der Waals surface area contributed by atoms with E-state index >= 15 is 0 Å². The molecule has 1 aliphatic rings. The van der Waals surface area contributed by atoms with Crippen LogP contribution in [0.5, 0.6) is 0 Å². The quantitative estimate of drug-likeness (QED) is 0.437. The highest BCUT2D eigenvalue weighted by Crippen LogP contribution is 2.30. The third-order valence-electron chi connectivity index (χ3n) is 5.57. The van der Waals surface area contributed by atoms with Crippen molar-refractivity contribution in [2.24, 2.45) is 5.73 Å². The lowest BCUT2D eigenvalue weighted by Gasteiger charge is -2.19. The maximum absolute atomic E-state index is 6.14. The van der Waals surface area contributed by atoms with Gasteiger partial charge in [0.05, 0.1) is 16.9 Å². The van der Waals surface area contributed by atoms with Crippen molar-refractivity contribution in [2.45, 2.75) is 23.9 Å². The Morgan fingerprint density at radius 3 is 2.77 bits per heavy atom. The molecule has 1 fully saturated rings. The Kier molecular flexibility index (Phi) is 5.84. The number of anilines is 1. The number of hydrogen-bond acceptors (Lipinski definition) is 6. The molecule has 5 rings (SSSR count). The molecule has 0 saturated carbocycles. The lowest BCUT2D eigenvalue weighted by atomic mass is 10.1. The van der Waals surface area contributed by atoms with Gasteiger partial charge in [-0.05, 0) is 54.3 Å². The second kappa shape index (κ2) is 9.06. The molecule has 2 aromatic carbocycles. The van der Waals surface area contributed by atoms with Gasteiger partial charge < -0.3 is 10.6 Å². The highest BCUT2D eigenvalue weighted by molar-refractivity contribution is 7.97. The van der Waals surface area contributed by atoms with Gasteiger partial charge in [0, 0.05) is 42.3 Å². The molecule has 1 atom stereocenters. The zero-order valence-electron chi connectivity index (χ0n) is 17.2. The second-order valence-electron chi connectivity index (χ2n) is 7.83. The number of nitrogens with two attached hydrogens (primary N) is 1. The van der Waals surface area contributed by atoms with Crippen LogP contribution in [0.4, 0.5) is 5.69 Å². The second-order valence-corrected chi connectivity index (χ2v) is 8.79. The van der Waals surface area contributed by atoms with Gasteiger partial charge in [-0.25, -0.2) is 4.98 Å². The van der Waals surface area contributed by atoms with Crippen molar-refractivity contribution in [1.29, 1.82) is 0 Å². The normalized spacial score (nSPS) is 16.2. The highest BCUT2D eigenvalue weighted by atomic mass is 32.2. The van der Waals surface area contributed by atoms with Crippen LogP contribution < -0.4 is 15.4 Å². The van der Waals surface area contributed by atoms with Gasteiger partial charge in [0.2, 0.25) is 0 Å². The van der Waals surface area contributed by atoms with Crippen LogP contribution in [0.15, 0.2) is 83.9 Å². The van der Waals surface area contributed by atoms with E-state index in [4.69, 9.17) is 10.7 Å². The molecule has 5 nitrogen and oxygen atoms in total. The number of nitrogens with one attached hydrogen (secondary N) is 1. The molecule has 3 heterocycles. The number of benzene rings is 2. The van der Waals surface area contributed by atoms with Crippen LogP contribution in [-0.4, -0.2) is 29.1 Å². The average Bonchev–Trinajstić information content (AvgIpc) is 3.25. The summed E-state index contributed by atoms with van der Waals surface area (Å²) in [5, 5.41) is 0. The smallest absolute Gasteiger partial charge is 0.113 e. The number of nitrogens with zero attached hydrogens (tertiary/aromatic N) is 3. The molecule has 2 aromatic heterocycles. The lowest BCUT2D eigenvalue weighted by molar-refractivity contribution is 0.752.